The number of unbranched alkanes of at least 4 members (excludes halogenated alkanes) is 3. The summed E-state index contributed by atoms with van der Waals surface area (Å²) in [7, 11) is 0.979. The molecule has 1 aromatic carbocycles. The zero-order valence-corrected chi connectivity index (χ0v) is 17.7. The highest BCUT2D eigenvalue weighted by molar-refractivity contribution is 6.62. The molecule has 1 aliphatic rings. The van der Waals surface area contributed by atoms with Crippen molar-refractivity contribution in [1.82, 2.24) is 5.32 Å². The zero-order valence-electron chi connectivity index (χ0n) is 17.7. The van der Waals surface area contributed by atoms with Crippen LogP contribution in [0.2, 0.25) is 0 Å². The number of hydrogen-bond acceptors (Lipinski definition) is 5. The monoisotopic (exact) mass is 389 g/mol. The van der Waals surface area contributed by atoms with Crippen molar-refractivity contribution < 1.29 is 23.6 Å². The largest absolute Gasteiger partial charge is 0.494 e. The first-order valence-electron chi connectivity index (χ1n) is 9.97. The lowest BCUT2D eigenvalue weighted by atomic mass is 9.79. The van der Waals surface area contributed by atoms with Gasteiger partial charge in [0.25, 0.3) is 5.91 Å². The molecule has 1 aliphatic heterocycles. The Morgan fingerprint density at radius 2 is 1.54 bits per heavy atom. The Kier molecular flexibility index (Phi) is 7.66. The first kappa shape index (κ1) is 22.4. The molecule has 154 valence electrons. The third-order valence-electron chi connectivity index (χ3n) is 5.52. The van der Waals surface area contributed by atoms with Gasteiger partial charge in [0, 0.05) is 18.5 Å². The number of methoxy groups -OCH3 is 1. The van der Waals surface area contributed by atoms with Gasteiger partial charge in [-0.3, -0.25) is 9.59 Å². The molecule has 1 N–H and O–H groups in total. The van der Waals surface area contributed by atoms with Crippen LogP contribution >= 0.6 is 0 Å². The van der Waals surface area contributed by atoms with Crippen molar-refractivity contribution in [3.8, 4) is 0 Å². The molecule has 1 saturated heterocycles. The number of amides is 1. The molecule has 2 rings (SSSR count). The van der Waals surface area contributed by atoms with E-state index >= 15 is 0 Å². The van der Waals surface area contributed by atoms with Crippen molar-refractivity contribution >= 4 is 24.5 Å². The molecule has 1 aromatic rings. The minimum absolute atomic E-state index is 0.0879. The third kappa shape index (κ3) is 5.82. The molecule has 0 saturated carbocycles. The standard InChI is InChI=1S/C21H32BNO5/c1-20(2)21(3,4)28-22(27-20)17-13-11-16(12-14-17)19(25)23-15-9-7-6-8-10-18(24)26-5/h11-14H,6-10,15H2,1-5H3,(H,23,25). The predicted octanol–water partition coefficient (Wildman–Crippen LogP) is 2.84. The molecule has 28 heavy (non-hydrogen) atoms. The molecule has 0 aromatic heterocycles. The Balaban J connectivity index is 1.73. The van der Waals surface area contributed by atoms with E-state index in [1.54, 1.807) is 12.1 Å². The molecule has 0 unspecified atom stereocenters. The average Bonchev–Trinajstić information content (AvgIpc) is 2.88. The molecular weight excluding hydrogens is 357 g/mol. The van der Waals surface area contributed by atoms with E-state index < -0.39 is 7.12 Å². The van der Waals surface area contributed by atoms with Gasteiger partial charge in [-0.2, -0.15) is 0 Å². The summed E-state index contributed by atoms with van der Waals surface area (Å²) in [5, 5.41) is 2.93. The minimum Gasteiger partial charge on any atom is -0.469 e. The van der Waals surface area contributed by atoms with Gasteiger partial charge in [-0.15, -0.1) is 0 Å². The Bertz CT molecular complexity index is 656. The number of nitrogens with one attached hydrogen (secondary N) is 1. The summed E-state index contributed by atoms with van der Waals surface area (Å²) in [6, 6.07) is 7.35. The van der Waals surface area contributed by atoms with Crippen LogP contribution < -0.4 is 10.8 Å². The maximum Gasteiger partial charge on any atom is 0.494 e. The van der Waals surface area contributed by atoms with Crippen LogP contribution in [0.25, 0.3) is 0 Å². The molecule has 6 nitrogen and oxygen atoms in total. The van der Waals surface area contributed by atoms with Crippen molar-refractivity contribution in [2.75, 3.05) is 13.7 Å². The topological polar surface area (TPSA) is 73.9 Å². The molecule has 0 radical (unpaired) electrons. The SMILES string of the molecule is COC(=O)CCCCCCNC(=O)c1ccc(B2OC(C)(C)C(C)(C)O2)cc1. The van der Waals surface area contributed by atoms with E-state index in [1.165, 1.54) is 7.11 Å². The molecule has 1 heterocycles. The number of benzene rings is 1. The van der Waals surface area contributed by atoms with Gasteiger partial charge >= 0.3 is 13.1 Å². The van der Waals surface area contributed by atoms with Crippen molar-refractivity contribution in [3.05, 3.63) is 29.8 Å². The fourth-order valence-electron chi connectivity index (χ4n) is 2.92. The highest BCUT2D eigenvalue weighted by Crippen LogP contribution is 2.36. The molecule has 0 atom stereocenters. The van der Waals surface area contributed by atoms with Gasteiger partial charge in [0.2, 0.25) is 0 Å². The fraction of sp³-hybridized carbons (Fsp3) is 0.619. The number of rotatable bonds is 9. The van der Waals surface area contributed by atoms with Gasteiger partial charge in [-0.1, -0.05) is 25.0 Å². The second kappa shape index (κ2) is 9.57. The van der Waals surface area contributed by atoms with E-state index in [0.717, 1.165) is 31.1 Å². The Morgan fingerprint density at radius 3 is 2.11 bits per heavy atom. The van der Waals surface area contributed by atoms with Gasteiger partial charge in [-0.25, -0.2) is 0 Å². The predicted molar refractivity (Wildman–Crippen MR) is 110 cm³/mol. The first-order chi connectivity index (χ1) is 13.2. The van der Waals surface area contributed by atoms with E-state index in [0.29, 0.717) is 18.5 Å². The third-order valence-corrected chi connectivity index (χ3v) is 5.52. The van der Waals surface area contributed by atoms with Gasteiger partial charge in [0.1, 0.15) is 0 Å². The van der Waals surface area contributed by atoms with Crippen LogP contribution in [0.15, 0.2) is 24.3 Å². The summed E-state index contributed by atoms with van der Waals surface area (Å²) >= 11 is 0. The molecular formula is C21H32BNO5. The van der Waals surface area contributed by atoms with Gasteiger partial charge in [0.15, 0.2) is 0 Å². The zero-order chi connectivity index (χ0) is 20.8. The van der Waals surface area contributed by atoms with E-state index in [4.69, 9.17) is 9.31 Å². The smallest absolute Gasteiger partial charge is 0.469 e. The molecule has 7 heteroatoms. The number of carbonyl (C=O) groups is 2. The van der Waals surface area contributed by atoms with Crippen LogP contribution in [0.5, 0.6) is 0 Å². The van der Waals surface area contributed by atoms with Gasteiger partial charge in [-0.05, 0) is 58.1 Å². The Morgan fingerprint density at radius 1 is 0.964 bits per heavy atom. The van der Waals surface area contributed by atoms with Gasteiger partial charge in [0.05, 0.1) is 18.3 Å². The summed E-state index contributed by atoms with van der Waals surface area (Å²) in [5.41, 5.74) is 0.751. The molecule has 0 spiro atoms. The van der Waals surface area contributed by atoms with Crippen molar-refractivity contribution in [2.45, 2.75) is 71.0 Å². The maximum atomic E-state index is 12.3. The van der Waals surface area contributed by atoms with Crippen LogP contribution in [0.3, 0.4) is 0 Å². The minimum atomic E-state index is -0.424. The summed E-state index contributed by atoms with van der Waals surface area (Å²) in [6.45, 7) is 8.69. The van der Waals surface area contributed by atoms with Gasteiger partial charge < -0.3 is 19.4 Å². The first-order valence-corrected chi connectivity index (χ1v) is 9.97. The van der Waals surface area contributed by atoms with E-state index in [2.05, 4.69) is 10.1 Å². The average molecular weight is 389 g/mol. The van der Waals surface area contributed by atoms with Crippen LogP contribution in [0, 0.1) is 0 Å². The number of esters is 1. The van der Waals surface area contributed by atoms with Crippen LogP contribution in [0.1, 0.15) is 70.2 Å². The van der Waals surface area contributed by atoms with Crippen molar-refractivity contribution in [2.24, 2.45) is 0 Å². The van der Waals surface area contributed by atoms with E-state index in [1.807, 2.05) is 39.8 Å². The quantitative estimate of drug-likeness (QED) is 0.399. The summed E-state index contributed by atoms with van der Waals surface area (Å²) in [4.78, 5) is 23.3. The van der Waals surface area contributed by atoms with Crippen LogP contribution in [-0.4, -0.2) is 43.9 Å². The summed E-state index contributed by atoms with van der Waals surface area (Å²) in [5.74, 6) is -0.257. The highest BCUT2D eigenvalue weighted by Gasteiger charge is 2.51. The molecule has 1 amide bonds. The lowest BCUT2D eigenvalue weighted by Gasteiger charge is -2.32. The Hall–Kier alpha value is -1.86. The lowest BCUT2D eigenvalue weighted by Crippen LogP contribution is -2.41. The second-order valence-electron chi connectivity index (χ2n) is 8.21. The fourth-order valence-corrected chi connectivity index (χ4v) is 2.92. The van der Waals surface area contributed by atoms with Crippen molar-refractivity contribution in [1.29, 1.82) is 0 Å². The highest BCUT2D eigenvalue weighted by atomic mass is 16.7. The normalized spacial score (nSPS) is 17.4. The molecule has 1 fully saturated rings. The van der Waals surface area contributed by atoms with Crippen molar-refractivity contribution in [3.63, 3.8) is 0 Å². The molecule has 0 aliphatic carbocycles. The molecule has 0 bridgehead atoms. The summed E-state index contributed by atoms with van der Waals surface area (Å²) in [6.07, 6.45) is 4.09. The van der Waals surface area contributed by atoms with Crippen LogP contribution in [-0.2, 0) is 18.8 Å². The number of hydrogen-bond donors (Lipinski definition) is 1. The van der Waals surface area contributed by atoms with E-state index in [9.17, 15) is 9.59 Å². The Labute approximate surface area is 168 Å². The van der Waals surface area contributed by atoms with E-state index in [-0.39, 0.29) is 23.1 Å². The summed E-state index contributed by atoms with van der Waals surface area (Å²) < 4.78 is 16.7. The maximum absolute atomic E-state index is 12.3. The number of carbonyl (C=O) groups excluding carboxylic acids is 2. The number of ether oxygens (including phenoxy) is 1. The van der Waals surface area contributed by atoms with Crippen LogP contribution in [0.4, 0.5) is 0 Å². The second-order valence-corrected chi connectivity index (χ2v) is 8.21. The lowest BCUT2D eigenvalue weighted by molar-refractivity contribution is -0.140.